The monoisotopic (exact) mass is 231 g/mol. The highest BCUT2D eigenvalue weighted by molar-refractivity contribution is 5.85. The molecule has 1 aliphatic heterocycles. The SMILES string of the molecule is Cn1cnc2c(NCC3CCNC3)nccc21. The Kier molecular flexibility index (Phi) is 2.68. The van der Waals surface area contributed by atoms with E-state index in [0.29, 0.717) is 5.92 Å². The van der Waals surface area contributed by atoms with E-state index in [4.69, 9.17) is 0 Å². The Morgan fingerprint density at radius 2 is 2.47 bits per heavy atom. The molecule has 2 aromatic rings. The predicted molar refractivity (Wildman–Crippen MR) is 68.0 cm³/mol. The third-order valence-corrected chi connectivity index (χ3v) is 3.36. The highest BCUT2D eigenvalue weighted by atomic mass is 15.1. The highest BCUT2D eigenvalue weighted by Gasteiger charge is 2.15. The molecular weight excluding hydrogens is 214 g/mol. The van der Waals surface area contributed by atoms with Gasteiger partial charge < -0.3 is 15.2 Å². The maximum atomic E-state index is 4.39. The summed E-state index contributed by atoms with van der Waals surface area (Å²) in [4.78, 5) is 8.76. The van der Waals surface area contributed by atoms with Crippen molar-refractivity contribution in [2.45, 2.75) is 6.42 Å². The van der Waals surface area contributed by atoms with Crippen LogP contribution in [0.25, 0.3) is 11.0 Å². The molecule has 0 saturated carbocycles. The first-order valence-corrected chi connectivity index (χ1v) is 6.05. The van der Waals surface area contributed by atoms with Crippen LogP contribution in [0.3, 0.4) is 0 Å². The molecule has 0 amide bonds. The number of aryl methyl sites for hydroxylation is 1. The quantitative estimate of drug-likeness (QED) is 0.827. The molecule has 0 aromatic carbocycles. The lowest BCUT2D eigenvalue weighted by Crippen LogP contribution is -2.17. The van der Waals surface area contributed by atoms with Gasteiger partial charge in [-0.05, 0) is 31.5 Å². The Balaban J connectivity index is 1.79. The number of nitrogens with zero attached hydrogens (tertiary/aromatic N) is 3. The first-order chi connectivity index (χ1) is 8.34. The number of hydrogen-bond donors (Lipinski definition) is 2. The molecule has 0 aliphatic carbocycles. The van der Waals surface area contributed by atoms with Crippen LogP contribution in [0.5, 0.6) is 0 Å². The van der Waals surface area contributed by atoms with Gasteiger partial charge >= 0.3 is 0 Å². The molecule has 3 heterocycles. The van der Waals surface area contributed by atoms with Gasteiger partial charge in [-0.15, -0.1) is 0 Å². The Hall–Kier alpha value is -1.62. The van der Waals surface area contributed by atoms with Gasteiger partial charge in [0, 0.05) is 19.8 Å². The molecule has 90 valence electrons. The zero-order chi connectivity index (χ0) is 11.7. The molecule has 1 unspecified atom stereocenters. The van der Waals surface area contributed by atoms with Crippen LogP contribution in [0.1, 0.15) is 6.42 Å². The first-order valence-electron chi connectivity index (χ1n) is 6.05. The highest BCUT2D eigenvalue weighted by Crippen LogP contribution is 2.19. The Labute approximate surface area is 100 Å². The van der Waals surface area contributed by atoms with Crippen molar-refractivity contribution in [1.29, 1.82) is 0 Å². The molecule has 0 radical (unpaired) electrons. The van der Waals surface area contributed by atoms with Crippen LogP contribution in [0.4, 0.5) is 5.82 Å². The fourth-order valence-electron chi connectivity index (χ4n) is 2.32. The van der Waals surface area contributed by atoms with Gasteiger partial charge in [0.15, 0.2) is 5.82 Å². The van der Waals surface area contributed by atoms with E-state index in [0.717, 1.165) is 36.5 Å². The lowest BCUT2D eigenvalue weighted by molar-refractivity contribution is 0.614. The molecule has 5 nitrogen and oxygen atoms in total. The van der Waals surface area contributed by atoms with E-state index >= 15 is 0 Å². The van der Waals surface area contributed by atoms with E-state index in [1.165, 1.54) is 6.42 Å². The minimum absolute atomic E-state index is 0.704. The van der Waals surface area contributed by atoms with Crippen molar-refractivity contribution in [1.82, 2.24) is 19.9 Å². The molecule has 1 fully saturated rings. The summed E-state index contributed by atoms with van der Waals surface area (Å²) in [6.07, 6.45) is 4.90. The Morgan fingerprint density at radius 3 is 3.29 bits per heavy atom. The van der Waals surface area contributed by atoms with Gasteiger partial charge in [0.25, 0.3) is 0 Å². The minimum atomic E-state index is 0.704. The van der Waals surface area contributed by atoms with E-state index in [1.54, 1.807) is 0 Å². The zero-order valence-corrected chi connectivity index (χ0v) is 9.98. The van der Waals surface area contributed by atoms with Gasteiger partial charge in [0.05, 0.1) is 11.8 Å². The summed E-state index contributed by atoms with van der Waals surface area (Å²) in [6, 6.07) is 1.99. The van der Waals surface area contributed by atoms with Crippen LogP contribution in [-0.2, 0) is 7.05 Å². The summed E-state index contributed by atoms with van der Waals surface area (Å²) in [7, 11) is 2.00. The standard InChI is InChI=1S/C12H17N5/c1-17-8-16-11-10(17)3-5-14-12(11)15-7-9-2-4-13-6-9/h3,5,8-9,13H,2,4,6-7H2,1H3,(H,14,15). The molecular formula is C12H17N5. The smallest absolute Gasteiger partial charge is 0.154 e. The summed E-state index contributed by atoms with van der Waals surface area (Å²) in [5.74, 6) is 1.60. The lowest BCUT2D eigenvalue weighted by atomic mass is 10.1. The van der Waals surface area contributed by atoms with Gasteiger partial charge in [0.2, 0.25) is 0 Å². The van der Waals surface area contributed by atoms with Crippen molar-refractivity contribution >= 4 is 16.9 Å². The number of aromatic nitrogens is 3. The van der Waals surface area contributed by atoms with Gasteiger partial charge in [0.1, 0.15) is 5.52 Å². The summed E-state index contributed by atoms with van der Waals surface area (Å²) < 4.78 is 2.01. The van der Waals surface area contributed by atoms with Crippen molar-refractivity contribution < 1.29 is 0 Å². The largest absolute Gasteiger partial charge is 0.368 e. The van der Waals surface area contributed by atoms with E-state index < -0.39 is 0 Å². The summed E-state index contributed by atoms with van der Waals surface area (Å²) in [6.45, 7) is 3.20. The van der Waals surface area contributed by atoms with E-state index in [2.05, 4.69) is 20.6 Å². The van der Waals surface area contributed by atoms with Crippen molar-refractivity contribution in [2.75, 3.05) is 25.0 Å². The Morgan fingerprint density at radius 1 is 1.53 bits per heavy atom. The van der Waals surface area contributed by atoms with Crippen LogP contribution in [-0.4, -0.2) is 34.2 Å². The van der Waals surface area contributed by atoms with Gasteiger partial charge in [-0.3, -0.25) is 0 Å². The predicted octanol–water partition coefficient (Wildman–Crippen LogP) is 0.990. The number of fused-ring (bicyclic) bond motifs is 1. The molecule has 5 heteroatoms. The summed E-state index contributed by atoms with van der Waals surface area (Å²) >= 11 is 0. The first kappa shape index (κ1) is 10.5. The Bertz CT molecular complexity index is 513. The second-order valence-electron chi connectivity index (χ2n) is 4.62. The lowest BCUT2D eigenvalue weighted by Gasteiger charge is -2.10. The van der Waals surface area contributed by atoms with Crippen molar-refractivity contribution in [3.63, 3.8) is 0 Å². The number of nitrogens with one attached hydrogen (secondary N) is 2. The molecule has 3 rings (SSSR count). The van der Waals surface area contributed by atoms with Crippen molar-refractivity contribution in [3.05, 3.63) is 18.6 Å². The second kappa shape index (κ2) is 4.33. The van der Waals surface area contributed by atoms with Crippen LogP contribution >= 0.6 is 0 Å². The molecule has 1 atom stereocenters. The number of pyridine rings is 1. The number of hydrogen-bond acceptors (Lipinski definition) is 4. The minimum Gasteiger partial charge on any atom is -0.368 e. The fourth-order valence-corrected chi connectivity index (χ4v) is 2.32. The van der Waals surface area contributed by atoms with Gasteiger partial charge in [-0.2, -0.15) is 0 Å². The number of anilines is 1. The zero-order valence-electron chi connectivity index (χ0n) is 9.98. The summed E-state index contributed by atoms with van der Waals surface area (Å²) in [5.41, 5.74) is 2.08. The third kappa shape index (κ3) is 1.98. The van der Waals surface area contributed by atoms with E-state index in [9.17, 15) is 0 Å². The second-order valence-corrected chi connectivity index (χ2v) is 4.62. The van der Waals surface area contributed by atoms with E-state index in [-0.39, 0.29) is 0 Å². The number of imidazole rings is 1. The average Bonchev–Trinajstić information content (AvgIpc) is 2.97. The van der Waals surface area contributed by atoms with Crippen molar-refractivity contribution in [3.8, 4) is 0 Å². The molecule has 1 aliphatic rings. The maximum Gasteiger partial charge on any atom is 0.154 e. The fraction of sp³-hybridized carbons (Fsp3) is 0.500. The normalized spacial score (nSPS) is 19.9. The molecule has 1 saturated heterocycles. The van der Waals surface area contributed by atoms with E-state index in [1.807, 2.05) is 30.2 Å². The molecule has 2 aromatic heterocycles. The third-order valence-electron chi connectivity index (χ3n) is 3.36. The van der Waals surface area contributed by atoms with Crippen LogP contribution < -0.4 is 10.6 Å². The molecule has 0 spiro atoms. The average molecular weight is 231 g/mol. The molecule has 2 N–H and O–H groups in total. The van der Waals surface area contributed by atoms with Gasteiger partial charge in [-0.25, -0.2) is 9.97 Å². The van der Waals surface area contributed by atoms with Crippen LogP contribution in [0.2, 0.25) is 0 Å². The topological polar surface area (TPSA) is 54.8 Å². The van der Waals surface area contributed by atoms with Crippen LogP contribution in [0, 0.1) is 5.92 Å². The maximum absolute atomic E-state index is 4.39. The molecule has 0 bridgehead atoms. The summed E-state index contributed by atoms with van der Waals surface area (Å²) in [5, 5.41) is 6.79. The van der Waals surface area contributed by atoms with Gasteiger partial charge in [-0.1, -0.05) is 0 Å². The molecule has 17 heavy (non-hydrogen) atoms. The van der Waals surface area contributed by atoms with Crippen molar-refractivity contribution in [2.24, 2.45) is 13.0 Å². The van der Waals surface area contributed by atoms with Crippen LogP contribution in [0.15, 0.2) is 18.6 Å². The number of rotatable bonds is 3.